The summed E-state index contributed by atoms with van der Waals surface area (Å²) in [4.78, 5) is 12.1. The molecule has 0 bridgehead atoms. The van der Waals surface area contributed by atoms with Crippen LogP contribution in [0.2, 0.25) is 0 Å². The van der Waals surface area contributed by atoms with Crippen LogP contribution in [0, 0.1) is 5.92 Å². The third-order valence-corrected chi connectivity index (χ3v) is 6.71. The van der Waals surface area contributed by atoms with Crippen LogP contribution in [0.3, 0.4) is 0 Å². The van der Waals surface area contributed by atoms with Gasteiger partial charge in [0.15, 0.2) is 5.13 Å². The van der Waals surface area contributed by atoms with Crippen molar-refractivity contribution in [3.63, 3.8) is 0 Å². The zero-order chi connectivity index (χ0) is 18.8. The van der Waals surface area contributed by atoms with E-state index >= 15 is 0 Å². The summed E-state index contributed by atoms with van der Waals surface area (Å²) in [5, 5.41) is 3.29. The molecular weight excluding hydrogens is 354 g/mol. The molecule has 2 aliphatic rings. The summed E-state index contributed by atoms with van der Waals surface area (Å²) >= 11 is 1.74. The fraction of sp³-hybridized carbons (Fsp3) is 0.476. The molecular formula is C21H29N5S. The molecule has 0 atom stereocenters. The normalized spacial score (nSPS) is 19.4. The zero-order valence-electron chi connectivity index (χ0n) is 16.1. The van der Waals surface area contributed by atoms with Gasteiger partial charge in [-0.05, 0) is 32.0 Å². The lowest BCUT2D eigenvalue weighted by atomic mass is 9.95. The summed E-state index contributed by atoms with van der Waals surface area (Å²) in [6, 6.07) is 8.88. The van der Waals surface area contributed by atoms with E-state index in [0.29, 0.717) is 5.92 Å². The maximum atomic E-state index is 5.87. The minimum Gasteiger partial charge on any atom is -0.402 e. The monoisotopic (exact) mass is 383 g/mol. The van der Waals surface area contributed by atoms with Crippen molar-refractivity contribution < 1.29 is 0 Å². The maximum Gasteiger partial charge on any atom is 0.185 e. The molecule has 0 aliphatic carbocycles. The Balaban J connectivity index is 1.40. The van der Waals surface area contributed by atoms with Gasteiger partial charge in [-0.15, -0.1) is 11.3 Å². The van der Waals surface area contributed by atoms with E-state index in [-0.39, 0.29) is 0 Å². The Morgan fingerprint density at radius 1 is 1.04 bits per heavy atom. The van der Waals surface area contributed by atoms with E-state index in [2.05, 4.69) is 58.0 Å². The van der Waals surface area contributed by atoms with Gasteiger partial charge < -0.3 is 20.4 Å². The SMILES string of the molecule is C=C(N)C1CCN(c2nc(-c3ccc(N4CCN(C)CC4)cc3)cs2)CC1. The van der Waals surface area contributed by atoms with Gasteiger partial charge in [0.05, 0.1) is 5.69 Å². The Morgan fingerprint density at radius 2 is 1.70 bits per heavy atom. The Bertz CT molecular complexity index is 768. The standard InChI is InChI=1S/C21H29N5S/c1-16(22)17-7-9-26(10-8-17)21-23-20(15-27-21)18-3-5-19(6-4-18)25-13-11-24(2)12-14-25/h3-6,15,17H,1,7-14,22H2,2H3. The molecule has 2 N–H and O–H groups in total. The van der Waals surface area contributed by atoms with Crippen molar-refractivity contribution in [1.82, 2.24) is 9.88 Å². The fourth-order valence-electron chi connectivity index (χ4n) is 3.89. The molecule has 1 aromatic carbocycles. The van der Waals surface area contributed by atoms with E-state index in [4.69, 9.17) is 10.7 Å². The molecule has 0 amide bonds. The number of aromatic nitrogens is 1. The van der Waals surface area contributed by atoms with Crippen LogP contribution >= 0.6 is 11.3 Å². The van der Waals surface area contributed by atoms with E-state index in [1.807, 2.05) is 0 Å². The molecule has 0 saturated carbocycles. The first-order valence-corrected chi connectivity index (χ1v) is 10.7. The Morgan fingerprint density at radius 3 is 2.33 bits per heavy atom. The van der Waals surface area contributed by atoms with Gasteiger partial charge in [0.25, 0.3) is 0 Å². The number of anilines is 2. The second-order valence-electron chi connectivity index (χ2n) is 7.69. The summed E-state index contributed by atoms with van der Waals surface area (Å²) in [6.45, 7) is 10.4. The van der Waals surface area contributed by atoms with Gasteiger partial charge in [0, 0.05) is 67.5 Å². The van der Waals surface area contributed by atoms with Crippen molar-refractivity contribution >= 4 is 22.2 Å². The molecule has 0 spiro atoms. The average Bonchev–Trinajstić information content (AvgIpc) is 3.19. The molecule has 2 aliphatic heterocycles. The van der Waals surface area contributed by atoms with Crippen LogP contribution in [-0.4, -0.2) is 56.2 Å². The largest absolute Gasteiger partial charge is 0.402 e. The highest BCUT2D eigenvalue weighted by Gasteiger charge is 2.22. The predicted octanol–water partition coefficient (Wildman–Crippen LogP) is 3.25. The van der Waals surface area contributed by atoms with Gasteiger partial charge >= 0.3 is 0 Å². The van der Waals surface area contributed by atoms with Crippen molar-refractivity contribution in [2.75, 3.05) is 56.1 Å². The summed E-state index contributed by atoms with van der Waals surface area (Å²) in [5.74, 6) is 0.461. The number of piperidine rings is 1. The number of benzene rings is 1. The minimum atomic E-state index is 0.461. The molecule has 2 fully saturated rings. The smallest absolute Gasteiger partial charge is 0.185 e. The first-order chi connectivity index (χ1) is 13.1. The number of hydrogen-bond acceptors (Lipinski definition) is 6. The van der Waals surface area contributed by atoms with Gasteiger partial charge in [-0.2, -0.15) is 0 Å². The van der Waals surface area contributed by atoms with Crippen LogP contribution in [0.15, 0.2) is 41.9 Å². The molecule has 3 heterocycles. The van der Waals surface area contributed by atoms with Gasteiger partial charge in [-0.25, -0.2) is 4.98 Å². The molecule has 6 heteroatoms. The number of rotatable bonds is 4. The average molecular weight is 384 g/mol. The Labute approximate surface area is 166 Å². The number of allylic oxidation sites excluding steroid dienone is 1. The molecule has 0 radical (unpaired) electrons. The van der Waals surface area contributed by atoms with Crippen LogP contribution < -0.4 is 15.5 Å². The van der Waals surface area contributed by atoms with Crippen molar-refractivity contribution in [3.05, 3.63) is 41.9 Å². The van der Waals surface area contributed by atoms with Crippen LogP contribution in [0.5, 0.6) is 0 Å². The first kappa shape index (κ1) is 18.3. The van der Waals surface area contributed by atoms with Gasteiger partial charge in [-0.3, -0.25) is 0 Å². The van der Waals surface area contributed by atoms with E-state index < -0.39 is 0 Å². The molecule has 1 aromatic heterocycles. The highest BCUT2D eigenvalue weighted by atomic mass is 32.1. The van der Waals surface area contributed by atoms with E-state index in [1.54, 1.807) is 11.3 Å². The van der Waals surface area contributed by atoms with Crippen LogP contribution in [-0.2, 0) is 0 Å². The van der Waals surface area contributed by atoms with Crippen LogP contribution in [0.1, 0.15) is 12.8 Å². The van der Waals surface area contributed by atoms with Crippen LogP contribution in [0.4, 0.5) is 10.8 Å². The first-order valence-electron chi connectivity index (χ1n) is 9.79. The molecule has 5 nitrogen and oxygen atoms in total. The van der Waals surface area contributed by atoms with Gasteiger partial charge in [-0.1, -0.05) is 18.7 Å². The quantitative estimate of drug-likeness (QED) is 0.878. The third kappa shape index (κ3) is 4.12. The number of likely N-dealkylation sites (N-methyl/N-ethyl adjacent to an activating group) is 1. The third-order valence-electron chi connectivity index (χ3n) is 5.81. The van der Waals surface area contributed by atoms with Crippen molar-refractivity contribution in [2.24, 2.45) is 11.7 Å². The number of nitrogens with zero attached hydrogens (tertiary/aromatic N) is 4. The van der Waals surface area contributed by atoms with Crippen molar-refractivity contribution in [1.29, 1.82) is 0 Å². The lowest BCUT2D eigenvalue weighted by Gasteiger charge is -2.34. The van der Waals surface area contributed by atoms with Gasteiger partial charge in [0.2, 0.25) is 0 Å². The minimum absolute atomic E-state index is 0.461. The highest BCUT2D eigenvalue weighted by Crippen LogP contribution is 2.32. The topological polar surface area (TPSA) is 48.6 Å². The highest BCUT2D eigenvalue weighted by molar-refractivity contribution is 7.14. The summed E-state index contributed by atoms with van der Waals surface area (Å²) < 4.78 is 0. The summed E-state index contributed by atoms with van der Waals surface area (Å²) in [5.41, 5.74) is 10.3. The molecule has 2 saturated heterocycles. The van der Waals surface area contributed by atoms with Crippen molar-refractivity contribution in [2.45, 2.75) is 12.8 Å². The number of thiazole rings is 1. The lowest BCUT2D eigenvalue weighted by Crippen LogP contribution is -2.44. The summed E-state index contributed by atoms with van der Waals surface area (Å²) in [6.07, 6.45) is 2.15. The fourth-order valence-corrected chi connectivity index (χ4v) is 4.78. The lowest BCUT2D eigenvalue weighted by molar-refractivity contribution is 0.313. The molecule has 144 valence electrons. The molecule has 0 unspecified atom stereocenters. The number of nitrogens with two attached hydrogens (primary N) is 1. The van der Waals surface area contributed by atoms with Crippen LogP contribution in [0.25, 0.3) is 11.3 Å². The Kier molecular flexibility index (Phi) is 5.36. The van der Waals surface area contributed by atoms with Gasteiger partial charge in [0.1, 0.15) is 0 Å². The molecule has 27 heavy (non-hydrogen) atoms. The number of hydrogen-bond donors (Lipinski definition) is 1. The van der Waals surface area contributed by atoms with E-state index in [9.17, 15) is 0 Å². The predicted molar refractivity (Wildman–Crippen MR) is 116 cm³/mol. The van der Waals surface area contributed by atoms with Crippen molar-refractivity contribution in [3.8, 4) is 11.3 Å². The molecule has 2 aromatic rings. The number of piperazine rings is 1. The maximum absolute atomic E-state index is 5.87. The Hall–Kier alpha value is -2.05. The summed E-state index contributed by atoms with van der Waals surface area (Å²) in [7, 11) is 2.19. The molecule has 4 rings (SSSR count). The van der Waals surface area contributed by atoms with E-state index in [0.717, 1.165) is 68.6 Å². The zero-order valence-corrected chi connectivity index (χ0v) is 16.9. The van der Waals surface area contributed by atoms with E-state index in [1.165, 1.54) is 11.3 Å². The second kappa shape index (κ2) is 7.90. The second-order valence-corrected chi connectivity index (χ2v) is 8.53.